The summed E-state index contributed by atoms with van der Waals surface area (Å²) >= 11 is 3.60. The molecule has 3 nitrogen and oxygen atoms in total. The number of halogens is 1. The van der Waals surface area contributed by atoms with Crippen molar-refractivity contribution in [2.75, 3.05) is 0 Å². The van der Waals surface area contributed by atoms with E-state index in [0.29, 0.717) is 5.92 Å². The van der Waals surface area contributed by atoms with Crippen LogP contribution >= 0.6 is 15.9 Å². The first-order valence-electron chi connectivity index (χ1n) is 6.26. The van der Waals surface area contributed by atoms with Gasteiger partial charge in [0.1, 0.15) is 0 Å². The van der Waals surface area contributed by atoms with Crippen LogP contribution in [0, 0.1) is 0 Å². The van der Waals surface area contributed by atoms with E-state index < -0.39 is 0 Å². The lowest BCUT2D eigenvalue weighted by atomic mass is 10.1. The van der Waals surface area contributed by atoms with Gasteiger partial charge < -0.3 is 5.73 Å². The molecule has 1 aromatic heterocycles. The molecule has 1 heterocycles. The van der Waals surface area contributed by atoms with E-state index >= 15 is 0 Å². The van der Waals surface area contributed by atoms with E-state index in [1.165, 1.54) is 18.5 Å². The fourth-order valence-electron chi connectivity index (χ4n) is 2.06. The van der Waals surface area contributed by atoms with Crippen molar-refractivity contribution >= 4 is 15.9 Å². The van der Waals surface area contributed by atoms with Crippen LogP contribution in [-0.2, 0) is 0 Å². The Morgan fingerprint density at radius 3 is 2.78 bits per heavy atom. The predicted octanol–water partition coefficient (Wildman–Crippen LogP) is 3.53. The molecule has 0 unspecified atom stereocenters. The summed E-state index contributed by atoms with van der Waals surface area (Å²) in [4.78, 5) is 0. The molecule has 2 N–H and O–H groups in total. The van der Waals surface area contributed by atoms with E-state index in [9.17, 15) is 0 Å². The molecule has 0 aliphatic heterocycles. The Morgan fingerprint density at radius 1 is 1.39 bits per heavy atom. The van der Waals surface area contributed by atoms with E-state index in [1.54, 1.807) is 0 Å². The lowest BCUT2D eigenvalue weighted by molar-refractivity contribution is 0.807. The second kappa shape index (κ2) is 4.52. The van der Waals surface area contributed by atoms with Gasteiger partial charge in [0.2, 0.25) is 0 Å². The maximum absolute atomic E-state index is 5.88. The number of nitrogens with two attached hydrogens (primary N) is 1. The standard InChI is InChI=1S/C14H16BrN3/c1-9(16)11-4-5-14(12(15)8-11)18-7-6-13(17-18)10-2-3-10/h4-10H,2-3,16H2,1H3/t9-/m1/s1. The van der Waals surface area contributed by atoms with Gasteiger partial charge in [0.05, 0.1) is 11.4 Å². The largest absolute Gasteiger partial charge is 0.324 e. The molecule has 3 rings (SSSR count). The predicted molar refractivity (Wildman–Crippen MR) is 75.8 cm³/mol. The molecule has 2 aromatic rings. The Balaban J connectivity index is 1.94. The number of benzene rings is 1. The lowest BCUT2D eigenvalue weighted by Crippen LogP contribution is -2.06. The quantitative estimate of drug-likeness (QED) is 0.942. The third-order valence-corrected chi connectivity index (χ3v) is 3.98. The van der Waals surface area contributed by atoms with Crippen molar-refractivity contribution in [3.8, 4) is 5.69 Å². The highest BCUT2D eigenvalue weighted by Crippen LogP contribution is 2.39. The van der Waals surface area contributed by atoms with Crippen LogP contribution in [0.1, 0.15) is 43.0 Å². The molecule has 0 bridgehead atoms. The summed E-state index contributed by atoms with van der Waals surface area (Å²) in [5, 5.41) is 4.63. The Hall–Kier alpha value is -1.13. The normalized spacial score (nSPS) is 16.8. The van der Waals surface area contributed by atoms with Crippen LogP contribution in [0.25, 0.3) is 5.69 Å². The van der Waals surface area contributed by atoms with E-state index in [-0.39, 0.29) is 6.04 Å². The SMILES string of the molecule is C[C@@H](N)c1ccc(-n2ccc(C3CC3)n2)c(Br)c1. The third-order valence-electron chi connectivity index (χ3n) is 3.35. The number of hydrogen-bond acceptors (Lipinski definition) is 2. The third kappa shape index (κ3) is 2.22. The van der Waals surface area contributed by atoms with Gasteiger partial charge in [0, 0.05) is 22.6 Å². The average Bonchev–Trinajstić information content (AvgIpc) is 3.08. The summed E-state index contributed by atoms with van der Waals surface area (Å²) in [5.41, 5.74) is 9.27. The first kappa shape index (κ1) is 11.9. The fourth-order valence-corrected chi connectivity index (χ4v) is 2.64. The minimum Gasteiger partial charge on any atom is -0.324 e. The molecule has 94 valence electrons. The summed E-state index contributed by atoms with van der Waals surface area (Å²) in [7, 11) is 0. The van der Waals surface area contributed by atoms with Crippen LogP contribution in [0.3, 0.4) is 0 Å². The second-order valence-electron chi connectivity index (χ2n) is 4.96. The molecular weight excluding hydrogens is 290 g/mol. The molecule has 1 aromatic carbocycles. The summed E-state index contributed by atoms with van der Waals surface area (Å²) in [5.74, 6) is 0.688. The zero-order valence-corrected chi connectivity index (χ0v) is 11.9. The Bertz CT molecular complexity index is 570. The van der Waals surface area contributed by atoms with Crippen LogP contribution in [0.4, 0.5) is 0 Å². The van der Waals surface area contributed by atoms with E-state index in [4.69, 9.17) is 5.73 Å². The summed E-state index contributed by atoms with van der Waals surface area (Å²) in [6.07, 6.45) is 4.59. The van der Waals surface area contributed by atoms with Gasteiger partial charge in [-0.15, -0.1) is 0 Å². The zero-order valence-electron chi connectivity index (χ0n) is 10.3. The molecule has 1 aliphatic rings. The number of nitrogens with zero attached hydrogens (tertiary/aromatic N) is 2. The minimum atomic E-state index is 0.0509. The average molecular weight is 306 g/mol. The zero-order chi connectivity index (χ0) is 12.7. The smallest absolute Gasteiger partial charge is 0.0787 e. The van der Waals surface area contributed by atoms with Crippen molar-refractivity contribution in [3.63, 3.8) is 0 Å². The number of aromatic nitrogens is 2. The van der Waals surface area contributed by atoms with Crippen LogP contribution < -0.4 is 5.73 Å². The molecule has 0 saturated heterocycles. The summed E-state index contributed by atoms with van der Waals surface area (Å²) in [6.45, 7) is 1.99. The van der Waals surface area contributed by atoms with Gasteiger partial charge in [-0.05, 0) is 59.5 Å². The maximum Gasteiger partial charge on any atom is 0.0787 e. The molecule has 0 amide bonds. The lowest BCUT2D eigenvalue weighted by Gasteiger charge is -2.09. The molecule has 0 radical (unpaired) electrons. The maximum atomic E-state index is 5.88. The molecule has 0 spiro atoms. The van der Waals surface area contributed by atoms with Crippen LogP contribution in [-0.4, -0.2) is 9.78 Å². The monoisotopic (exact) mass is 305 g/mol. The van der Waals surface area contributed by atoms with Gasteiger partial charge in [-0.2, -0.15) is 5.10 Å². The second-order valence-corrected chi connectivity index (χ2v) is 5.81. The van der Waals surface area contributed by atoms with Crippen molar-refractivity contribution in [2.24, 2.45) is 5.73 Å². The molecular formula is C14H16BrN3. The highest BCUT2D eigenvalue weighted by molar-refractivity contribution is 9.10. The van der Waals surface area contributed by atoms with Crippen molar-refractivity contribution in [1.29, 1.82) is 0 Å². The topological polar surface area (TPSA) is 43.8 Å². The number of hydrogen-bond donors (Lipinski definition) is 1. The van der Waals surface area contributed by atoms with Crippen molar-refractivity contribution in [2.45, 2.75) is 31.7 Å². The highest BCUT2D eigenvalue weighted by Gasteiger charge is 2.26. The van der Waals surface area contributed by atoms with Gasteiger partial charge in [-0.25, -0.2) is 4.68 Å². The Morgan fingerprint density at radius 2 is 2.17 bits per heavy atom. The van der Waals surface area contributed by atoms with E-state index in [1.807, 2.05) is 17.8 Å². The molecule has 1 saturated carbocycles. The fraction of sp³-hybridized carbons (Fsp3) is 0.357. The minimum absolute atomic E-state index is 0.0509. The van der Waals surface area contributed by atoms with E-state index in [0.717, 1.165) is 15.7 Å². The van der Waals surface area contributed by atoms with Gasteiger partial charge in [0.15, 0.2) is 0 Å². The first-order chi connectivity index (χ1) is 8.65. The van der Waals surface area contributed by atoms with Crippen LogP contribution in [0.15, 0.2) is 34.9 Å². The van der Waals surface area contributed by atoms with Gasteiger partial charge in [-0.1, -0.05) is 6.07 Å². The van der Waals surface area contributed by atoms with Gasteiger partial charge in [0.25, 0.3) is 0 Å². The van der Waals surface area contributed by atoms with Crippen LogP contribution in [0.5, 0.6) is 0 Å². The van der Waals surface area contributed by atoms with Crippen molar-refractivity contribution in [3.05, 3.63) is 46.2 Å². The van der Waals surface area contributed by atoms with E-state index in [2.05, 4.69) is 45.3 Å². The summed E-state index contributed by atoms with van der Waals surface area (Å²) in [6, 6.07) is 8.35. The van der Waals surface area contributed by atoms with Crippen molar-refractivity contribution in [1.82, 2.24) is 9.78 Å². The molecule has 18 heavy (non-hydrogen) atoms. The molecule has 1 fully saturated rings. The number of rotatable bonds is 3. The highest BCUT2D eigenvalue weighted by atomic mass is 79.9. The van der Waals surface area contributed by atoms with Gasteiger partial charge >= 0.3 is 0 Å². The Kier molecular flexibility index (Phi) is 2.99. The molecule has 1 aliphatic carbocycles. The molecule has 4 heteroatoms. The van der Waals surface area contributed by atoms with Crippen molar-refractivity contribution < 1.29 is 0 Å². The molecule has 1 atom stereocenters. The van der Waals surface area contributed by atoms with Crippen LogP contribution in [0.2, 0.25) is 0 Å². The Labute approximate surface area is 115 Å². The summed E-state index contributed by atoms with van der Waals surface area (Å²) < 4.78 is 2.96. The van der Waals surface area contributed by atoms with Gasteiger partial charge in [-0.3, -0.25) is 0 Å². The first-order valence-corrected chi connectivity index (χ1v) is 7.05.